The summed E-state index contributed by atoms with van der Waals surface area (Å²) in [6.07, 6.45) is -5.14. The van der Waals surface area contributed by atoms with Crippen LogP contribution in [0.15, 0.2) is 0 Å². The smallest absolute Gasteiger partial charge is 0.371 e. The summed E-state index contributed by atoms with van der Waals surface area (Å²) in [5.41, 5.74) is -2.82. The fourth-order valence-electron chi connectivity index (χ4n) is 1.43. The number of epoxide rings is 1. The van der Waals surface area contributed by atoms with E-state index in [2.05, 4.69) is 0 Å². The van der Waals surface area contributed by atoms with Gasteiger partial charge in [-0.05, 0) is 6.92 Å². The molecule has 0 aromatic rings. The lowest BCUT2D eigenvalue weighted by molar-refractivity contribution is -0.191. The lowest BCUT2D eigenvalue weighted by Gasteiger charge is -2.24. The predicted octanol–water partition coefficient (Wildman–Crippen LogP) is 0.258. The summed E-state index contributed by atoms with van der Waals surface area (Å²) in [6, 6.07) is -1.03. The molecule has 2 atom stereocenters. The van der Waals surface area contributed by atoms with Gasteiger partial charge in [-0.15, -0.1) is 0 Å². The van der Waals surface area contributed by atoms with Gasteiger partial charge < -0.3 is 10.1 Å². The fraction of sp³-hybridized carbons (Fsp3) is 0.750. The highest BCUT2D eigenvalue weighted by Crippen LogP contribution is 2.35. The van der Waals surface area contributed by atoms with Crippen LogP contribution in [0.5, 0.6) is 0 Å². The van der Waals surface area contributed by atoms with E-state index in [1.165, 1.54) is 0 Å². The zero-order valence-corrected chi connectivity index (χ0v) is 8.30. The molecule has 2 unspecified atom stereocenters. The first kappa shape index (κ1) is 11.2. The van der Waals surface area contributed by atoms with Crippen LogP contribution in [0.3, 0.4) is 0 Å². The highest BCUT2D eigenvalue weighted by atomic mass is 19.4. The van der Waals surface area contributed by atoms with E-state index in [9.17, 15) is 22.8 Å². The number of imide groups is 1. The minimum absolute atomic E-state index is 0.129. The number of nitrogens with zero attached hydrogens (tertiary/aromatic N) is 1. The molecule has 8 heteroatoms. The van der Waals surface area contributed by atoms with E-state index in [1.807, 2.05) is 0 Å². The Bertz CT molecular complexity index is 353. The van der Waals surface area contributed by atoms with Crippen LogP contribution < -0.4 is 5.32 Å². The Kier molecular flexibility index (Phi) is 2.16. The van der Waals surface area contributed by atoms with E-state index in [0.717, 1.165) is 0 Å². The molecule has 1 N–H and O–H groups in total. The Hall–Kier alpha value is -1.31. The largest absolute Gasteiger partial charge is 0.420 e. The van der Waals surface area contributed by atoms with Crippen molar-refractivity contribution in [1.29, 1.82) is 0 Å². The maximum absolute atomic E-state index is 12.6. The number of ether oxygens (including phenoxy) is 1. The molecule has 2 aliphatic rings. The number of urea groups is 1. The van der Waals surface area contributed by atoms with Crippen molar-refractivity contribution in [3.63, 3.8) is 0 Å². The minimum Gasteiger partial charge on any atom is -0.371 e. The van der Waals surface area contributed by atoms with Crippen LogP contribution in [0, 0.1) is 0 Å². The molecule has 0 bridgehead atoms. The number of carbonyl (C=O) groups is 2. The molecule has 3 amide bonds. The lowest BCUT2D eigenvalue weighted by Crippen LogP contribution is -2.56. The van der Waals surface area contributed by atoms with Gasteiger partial charge in [-0.2, -0.15) is 13.2 Å². The van der Waals surface area contributed by atoms with Crippen molar-refractivity contribution in [2.45, 2.75) is 24.7 Å². The Morgan fingerprint density at radius 1 is 1.56 bits per heavy atom. The number of hydrogen-bond donors (Lipinski definition) is 1. The Morgan fingerprint density at radius 2 is 2.12 bits per heavy atom. The van der Waals surface area contributed by atoms with Crippen molar-refractivity contribution in [3.05, 3.63) is 0 Å². The van der Waals surface area contributed by atoms with Gasteiger partial charge in [-0.1, -0.05) is 0 Å². The second-order valence-corrected chi connectivity index (χ2v) is 3.92. The van der Waals surface area contributed by atoms with E-state index in [4.69, 9.17) is 4.74 Å². The molecule has 0 aromatic heterocycles. The van der Waals surface area contributed by atoms with Crippen molar-refractivity contribution in [2.24, 2.45) is 0 Å². The maximum atomic E-state index is 12.6. The molecule has 0 spiro atoms. The molecule has 16 heavy (non-hydrogen) atoms. The van der Waals surface area contributed by atoms with Gasteiger partial charge in [-0.3, -0.25) is 9.69 Å². The van der Waals surface area contributed by atoms with Crippen molar-refractivity contribution in [2.75, 3.05) is 13.2 Å². The Morgan fingerprint density at radius 3 is 2.50 bits per heavy atom. The van der Waals surface area contributed by atoms with Gasteiger partial charge >= 0.3 is 12.2 Å². The van der Waals surface area contributed by atoms with Gasteiger partial charge in [-0.25, -0.2) is 4.79 Å². The number of carbonyl (C=O) groups excluding carboxylic acids is 2. The quantitative estimate of drug-likeness (QED) is 0.554. The van der Waals surface area contributed by atoms with Crippen LogP contribution >= 0.6 is 0 Å². The molecular formula is C8H9F3N2O3. The van der Waals surface area contributed by atoms with E-state index in [1.54, 1.807) is 5.32 Å². The van der Waals surface area contributed by atoms with Crippen LogP contribution in [0.25, 0.3) is 0 Å². The zero-order valence-electron chi connectivity index (χ0n) is 8.30. The minimum atomic E-state index is -4.81. The molecule has 0 aromatic carbocycles. The SMILES string of the molecule is CC1(C(F)(F)F)NC(=O)N(CC2CO2)C1=O. The summed E-state index contributed by atoms with van der Waals surface area (Å²) in [7, 11) is 0. The molecule has 0 radical (unpaired) electrons. The number of nitrogens with one attached hydrogen (secondary N) is 1. The molecule has 2 aliphatic heterocycles. The third-order valence-electron chi connectivity index (χ3n) is 2.63. The number of rotatable bonds is 2. The van der Waals surface area contributed by atoms with Crippen molar-refractivity contribution in [1.82, 2.24) is 10.2 Å². The molecule has 90 valence electrons. The summed E-state index contributed by atoms with van der Waals surface area (Å²) in [5, 5.41) is 1.66. The van der Waals surface area contributed by atoms with E-state index in [-0.39, 0.29) is 12.6 Å². The van der Waals surface area contributed by atoms with Gasteiger partial charge in [0.1, 0.15) is 0 Å². The second-order valence-electron chi connectivity index (χ2n) is 3.92. The molecule has 0 saturated carbocycles. The summed E-state index contributed by atoms with van der Waals surface area (Å²) in [5.74, 6) is -1.28. The molecule has 5 nitrogen and oxygen atoms in total. The van der Waals surface area contributed by atoms with Crippen LogP contribution in [0.1, 0.15) is 6.92 Å². The number of halogens is 3. The van der Waals surface area contributed by atoms with E-state index in [0.29, 0.717) is 18.4 Å². The summed E-state index contributed by atoms with van der Waals surface area (Å²) >= 11 is 0. The normalized spacial score (nSPS) is 34.2. The van der Waals surface area contributed by atoms with Crippen molar-refractivity contribution < 1.29 is 27.5 Å². The van der Waals surface area contributed by atoms with Crippen LogP contribution in [0.2, 0.25) is 0 Å². The van der Waals surface area contributed by atoms with Gasteiger partial charge in [0.25, 0.3) is 5.91 Å². The average Bonchev–Trinajstić information content (AvgIpc) is 2.90. The van der Waals surface area contributed by atoms with Crippen molar-refractivity contribution in [3.8, 4) is 0 Å². The van der Waals surface area contributed by atoms with Crippen LogP contribution in [0.4, 0.5) is 18.0 Å². The Balaban J connectivity index is 2.20. The second kappa shape index (κ2) is 3.09. The first-order valence-corrected chi connectivity index (χ1v) is 4.58. The number of hydrogen-bond acceptors (Lipinski definition) is 3. The maximum Gasteiger partial charge on any atom is 0.420 e. The lowest BCUT2D eigenvalue weighted by atomic mass is 10.0. The summed E-state index contributed by atoms with van der Waals surface area (Å²) in [6.45, 7) is 0.886. The van der Waals surface area contributed by atoms with Crippen molar-refractivity contribution >= 4 is 11.9 Å². The standard InChI is InChI=1S/C8H9F3N2O3/c1-7(8(9,10)11)5(14)13(6(15)12-7)2-4-3-16-4/h4H,2-3H2,1H3,(H,12,15). The topological polar surface area (TPSA) is 61.9 Å². The van der Waals surface area contributed by atoms with Gasteiger partial charge in [0.15, 0.2) is 0 Å². The van der Waals surface area contributed by atoms with E-state index < -0.39 is 23.7 Å². The third-order valence-corrected chi connectivity index (χ3v) is 2.63. The average molecular weight is 238 g/mol. The van der Waals surface area contributed by atoms with Gasteiger partial charge in [0, 0.05) is 0 Å². The first-order chi connectivity index (χ1) is 7.25. The number of alkyl halides is 3. The molecule has 2 fully saturated rings. The highest BCUT2D eigenvalue weighted by molar-refractivity contribution is 6.07. The van der Waals surface area contributed by atoms with Gasteiger partial charge in [0.05, 0.1) is 19.3 Å². The summed E-state index contributed by atoms with van der Waals surface area (Å²) in [4.78, 5) is 23.3. The number of amides is 3. The fourth-order valence-corrected chi connectivity index (χ4v) is 1.43. The van der Waals surface area contributed by atoms with E-state index >= 15 is 0 Å². The molecule has 2 saturated heterocycles. The molecular weight excluding hydrogens is 229 g/mol. The van der Waals surface area contributed by atoms with Gasteiger partial charge in [0.2, 0.25) is 5.54 Å². The zero-order chi connectivity index (χ0) is 12.1. The first-order valence-electron chi connectivity index (χ1n) is 4.58. The highest BCUT2D eigenvalue weighted by Gasteiger charge is 2.64. The van der Waals surface area contributed by atoms with Crippen LogP contribution in [-0.4, -0.2) is 47.8 Å². The predicted molar refractivity (Wildman–Crippen MR) is 44.4 cm³/mol. The summed E-state index contributed by atoms with van der Waals surface area (Å²) < 4.78 is 42.6. The van der Waals surface area contributed by atoms with Crippen LogP contribution in [-0.2, 0) is 9.53 Å². The molecule has 2 heterocycles. The monoisotopic (exact) mass is 238 g/mol. The Labute approximate surface area is 88.5 Å². The third kappa shape index (κ3) is 1.53. The molecule has 0 aliphatic carbocycles. The molecule has 2 rings (SSSR count).